The van der Waals surface area contributed by atoms with Gasteiger partial charge in [0.25, 0.3) is 0 Å². The van der Waals surface area contributed by atoms with Crippen molar-refractivity contribution in [2.45, 2.75) is 6.92 Å². The normalized spacial score (nSPS) is 10.2. The molecule has 0 aromatic heterocycles. The number of rotatable bonds is 5. The lowest BCUT2D eigenvalue weighted by molar-refractivity contribution is 0.414. The minimum absolute atomic E-state index is 0.827. The zero-order valence-corrected chi connectivity index (χ0v) is 14.7. The monoisotopic (exact) mass is 331 g/mol. The van der Waals surface area contributed by atoms with Crippen LogP contribution in [-0.2, 0) is 0 Å². The Morgan fingerprint density at radius 3 is 1.48 bits per heavy atom. The van der Waals surface area contributed by atoms with Crippen LogP contribution in [0.15, 0.2) is 77.8 Å². The first kappa shape index (κ1) is 16.8. The molecule has 0 saturated carbocycles. The number of ether oxygens (including phenoxy) is 2. The van der Waals surface area contributed by atoms with E-state index in [0.29, 0.717) is 0 Å². The first-order chi connectivity index (χ1) is 12.2. The second-order valence-corrected chi connectivity index (χ2v) is 5.75. The van der Waals surface area contributed by atoms with Gasteiger partial charge >= 0.3 is 0 Å². The van der Waals surface area contributed by atoms with Gasteiger partial charge < -0.3 is 9.47 Å². The molecule has 0 radical (unpaired) electrons. The van der Waals surface area contributed by atoms with E-state index < -0.39 is 0 Å². The summed E-state index contributed by atoms with van der Waals surface area (Å²) >= 11 is 0. The first-order valence-corrected chi connectivity index (χ1v) is 8.14. The van der Waals surface area contributed by atoms with Crippen molar-refractivity contribution < 1.29 is 9.47 Å². The number of hydrogen-bond donors (Lipinski definition) is 0. The third kappa shape index (κ3) is 4.07. The van der Waals surface area contributed by atoms with Gasteiger partial charge in [-0.2, -0.15) is 0 Å². The van der Waals surface area contributed by atoms with Gasteiger partial charge in [0.05, 0.1) is 25.6 Å². The maximum Gasteiger partial charge on any atom is 0.118 e. The Balaban J connectivity index is 2.07. The van der Waals surface area contributed by atoms with E-state index in [1.165, 1.54) is 5.56 Å². The van der Waals surface area contributed by atoms with Crippen molar-refractivity contribution in [1.82, 2.24) is 0 Å². The van der Waals surface area contributed by atoms with E-state index >= 15 is 0 Å². The van der Waals surface area contributed by atoms with Gasteiger partial charge in [0, 0.05) is 11.1 Å². The van der Waals surface area contributed by atoms with Crippen molar-refractivity contribution in [2.24, 2.45) is 4.99 Å². The molecule has 0 aliphatic rings. The van der Waals surface area contributed by atoms with E-state index in [9.17, 15) is 0 Å². The van der Waals surface area contributed by atoms with Gasteiger partial charge in [-0.15, -0.1) is 0 Å². The molecule has 0 N–H and O–H groups in total. The highest BCUT2D eigenvalue weighted by Crippen LogP contribution is 2.22. The fourth-order valence-electron chi connectivity index (χ4n) is 2.54. The third-order valence-electron chi connectivity index (χ3n) is 4.00. The topological polar surface area (TPSA) is 30.8 Å². The molecular weight excluding hydrogens is 310 g/mol. The van der Waals surface area contributed by atoms with Gasteiger partial charge in [0.15, 0.2) is 0 Å². The van der Waals surface area contributed by atoms with Crippen LogP contribution in [0.25, 0.3) is 0 Å². The Morgan fingerprint density at radius 1 is 0.640 bits per heavy atom. The van der Waals surface area contributed by atoms with Crippen molar-refractivity contribution in [3.8, 4) is 11.5 Å². The van der Waals surface area contributed by atoms with Crippen LogP contribution in [-0.4, -0.2) is 19.9 Å². The zero-order valence-electron chi connectivity index (χ0n) is 14.7. The highest BCUT2D eigenvalue weighted by molar-refractivity contribution is 6.14. The number of hydrogen-bond acceptors (Lipinski definition) is 3. The molecule has 3 nitrogen and oxygen atoms in total. The molecule has 0 aliphatic carbocycles. The number of methoxy groups -OCH3 is 2. The average Bonchev–Trinajstić information content (AvgIpc) is 2.68. The summed E-state index contributed by atoms with van der Waals surface area (Å²) in [6.07, 6.45) is 0. The van der Waals surface area contributed by atoms with Crippen LogP contribution in [0.3, 0.4) is 0 Å². The largest absolute Gasteiger partial charge is 0.497 e. The van der Waals surface area contributed by atoms with Gasteiger partial charge in [-0.25, -0.2) is 4.99 Å². The van der Waals surface area contributed by atoms with E-state index in [1.54, 1.807) is 14.2 Å². The van der Waals surface area contributed by atoms with Crippen LogP contribution in [0, 0.1) is 6.92 Å². The molecule has 3 rings (SSSR count). The molecule has 0 heterocycles. The van der Waals surface area contributed by atoms with E-state index in [4.69, 9.17) is 14.5 Å². The van der Waals surface area contributed by atoms with Gasteiger partial charge in [0.1, 0.15) is 11.5 Å². The lowest BCUT2D eigenvalue weighted by Crippen LogP contribution is -2.03. The molecule has 0 atom stereocenters. The maximum absolute atomic E-state index is 5.26. The number of benzene rings is 3. The van der Waals surface area contributed by atoms with E-state index in [0.717, 1.165) is 34.0 Å². The minimum Gasteiger partial charge on any atom is -0.497 e. The molecule has 0 fully saturated rings. The Morgan fingerprint density at radius 2 is 1.08 bits per heavy atom. The average molecular weight is 331 g/mol. The molecule has 3 aromatic rings. The second kappa shape index (κ2) is 7.67. The predicted octanol–water partition coefficient (Wildman–Crippen LogP) is 5.18. The molecule has 3 heteroatoms. The highest BCUT2D eigenvalue weighted by atomic mass is 16.5. The Bertz CT molecular complexity index is 799. The van der Waals surface area contributed by atoms with Crippen molar-refractivity contribution in [1.29, 1.82) is 0 Å². The summed E-state index contributed by atoms with van der Waals surface area (Å²) in [5.41, 5.74) is 5.12. The predicted molar refractivity (Wildman–Crippen MR) is 102 cm³/mol. The summed E-state index contributed by atoms with van der Waals surface area (Å²) in [4.78, 5) is 4.89. The number of nitrogens with zero attached hydrogens (tertiary/aromatic N) is 1. The standard InChI is InChI=1S/C22H21NO2/c1-16-4-10-19(11-5-16)23-22(17-6-12-20(24-2)13-7-17)18-8-14-21(25-3)15-9-18/h4-15H,1-3H3. The summed E-state index contributed by atoms with van der Waals surface area (Å²) in [7, 11) is 3.33. The van der Waals surface area contributed by atoms with Gasteiger partial charge in [-0.05, 0) is 67.6 Å². The van der Waals surface area contributed by atoms with Crippen molar-refractivity contribution in [2.75, 3.05) is 14.2 Å². The summed E-state index contributed by atoms with van der Waals surface area (Å²) in [6, 6.07) is 24.1. The highest BCUT2D eigenvalue weighted by Gasteiger charge is 2.08. The lowest BCUT2D eigenvalue weighted by atomic mass is 10.0. The molecule has 0 spiro atoms. The van der Waals surface area contributed by atoms with Crippen LogP contribution >= 0.6 is 0 Å². The Kier molecular flexibility index (Phi) is 5.14. The summed E-state index contributed by atoms with van der Waals surface area (Å²) in [5.74, 6) is 1.65. The van der Waals surface area contributed by atoms with Crippen LogP contribution in [0.2, 0.25) is 0 Å². The molecule has 0 saturated heterocycles. The zero-order chi connectivity index (χ0) is 17.6. The van der Waals surface area contributed by atoms with Crippen LogP contribution in [0.1, 0.15) is 16.7 Å². The van der Waals surface area contributed by atoms with E-state index in [-0.39, 0.29) is 0 Å². The lowest BCUT2D eigenvalue weighted by Gasteiger charge is -2.10. The maximum atomic E-state index is 5.26. The van der Waals surface area contributed by atoms with E-state index in [2.05, 4.69) is 19.1 Å². The Labute approximate surface area is 148 Å². The fourth-order valence-corrected chi connectivity index (χ4v) is 2.54. The van der Waals surface area contributed by atoms with Crippen LogP contribution in [0.4, 0.5) is 5.69 Å². The third-order valence-corrected chi connectivity index (χ3v) is 4.00. The van der Waals surface area contributed by atoms with Crippen molar-refractivity contribution >= 4 is 11.4 Å². The first-order valence-electron chi connectivity index (χ1n) is 8.14. The molecule has 0 aliphatic heterocycles. The van der Waals surface area contributed by atoms with E-state index in [1.807, 2.05) is 60.7 Å². The minimum atomic E-state index is 0.827. The van der Waals surface area contributed by atoms with Gasteiger partial charge in [-0.1, -0.05) is 17.7 Å². The molecule has 0 bridgehead atoms. The molecular formula is C22H21NO2. The Hall–Kier alpha value is -3.07. The molecule has 0 unspecified atom stereocenters. The second-order valence-electron chi connectivity index (χ2n) is 5.75. The summed E-state index contributed by atoms with van der Waals surface area (Å²) < 4.78 is 10.5. The van der Waals surface area contributed by atoms with Crippen LogP contribution in [0.5, 0.6) is 11.5 Å². The number of aryl methyl sites for hydroxylation is 1. The smallest absolute Gasteiger partial charge is 0.118 e. The van der Waals surface area contributed by atoms with Crippen LogP contribution < -0.4 is 9.47 Å². The van der Waals surface area contributed by atoms with Gasteiger partial charge in [-0.3, -0.25) is 0 Å². The van der Waals surface area contributed by atoms with Gasteiger partial charge in [0.2, 0.25) is 0 Å². The molecule has 3 aromatic carbocycles. The molecule has 0 amide bonds. The van der Waals surface area contributed by atoms with Crippen molar-refractivity contribution in [3.05, 3.63) is 89.5 Å². The quantitative estimate of drug-likeness (QED) is 0.603. The number of aliphatic imine (C=N–C) groups is 1. The summed E-state index contributed by atoms with van der Waals surface area (Å²) in [5, 5.41) is 0. The molecule has 25 heavy (non-hydrogen) atoms. The summed E-state index contributed by atoms with van der Waals surface area (Å²) in [6.45, 7) is 2.07. The van der Waals surface area contributed by atoms with Crippen molar-refractivity contribution in [3.63, 3.8) is 0 Å². The SMILES string of the molecule is COc1ccc(C(=Nc2ccc(C)cc2)c2ccc(OC)cc2)cc1. The fraction of sp³-hybridized carbons (Fsp3) is 0.136. The molecule has 126 valence electrons.